The van der Waals surface area contributed by atoms with Crippen LogP contribution in [0, 0.1) is 0 Å². The van der Waals surface area contributed by atoms with Crippen LogP contribution in [-0.2, 0) is 9.59 Å². The fourth-order valence-corrected chi connectivity index (χ4v) is 3.26. The maximum atomic E-state index is 13.5. The van der Waals surface area contributed by atoms with Gasteiger partial charge in [-0.05, 0) is 38.8 Å². The van der Waals surface area contributed by atoms with Gasteiger partial charge >= 0.3 is 0 Å². The number of benzene rings is 1. The van der Waals surface area contributed by atoms with Crippen LogP contribution in [0.5, 0.6) is 0 Å². The SMILES string of the molecule is C=Nc1ccc(N(C)C)cc1/C(=C\C)C(=O)NCC(=O)N1CC(F)(F)CC1C. The predicted octanol–water partition coefficient (Wildman–Crippen LogP) is 2.86. The minimum absolute atomic E-state index is 0.332. The van der Waals surface area contributed by atoms with E-state index >= 15 is 0 Å². The molecular formula is C20H26F2N4O2. The second-order valence-electron chi connectivity index (χ2n) is 7.07. The molecule has 0 radical (unpaired) electrons. The summed E-state index contributed by atoms with van der Waals surface area (Å²) in [6.07, 6.45) is 1.26. The molecule has 0 saturated carbocycles. The Morgan fingerprint density at radius 2 is 2.11 bits per heavy atom. The molecule has 2 rings (SSSR count). The van der Waals surface area contributed by atoms with Gasteiger partial charge < -0.3 is 15.1 Å². The second-order valence-corrected chi connectivity index (χ2v) is 7.07. The molecule has 0 bridgehead atoms. The molecule has 1 N–H and O–H groups in total. The fraction of sp³-hybridized carbons (Fsp3) is 0.450. The summed E-state index contributed by atoms with van der Waals surface area (Å²) in [7, 11) is 3.75. The number of nitrogens with zero attached hydrogens (tertiary/aromatic N) is 3. The van der Waals surface area contributed by atoms with E-state index in [0.29, 0.717) is 16.8 Å². The first-order chi connectivity index (χ1) is 13.1. The normalized spacial score (nSPS) is 18.7. The number of aliphatic imine (C=N–C) groups is 1. The Kier molecular flexibility index (Phi) is 6.53. The molecule has 1 aliphatic rings. The Hall–Kier alpha value is -2.77. The number of likely N-dealkylation sites (tertiary alicyclic amines) is 1. The van der Waals surface area contributed by atoms with E-state index < -0.39 is 30.3 Å². The van der Waals surface area contributed by atoms with Gasteiger partial charge in [-0.15, -0.1) is 0 Å². The second kappa shape index (κ2) is 8.50. The van der Waals surface area contributed by atoms with Gasteiger partial charge in [0.1, 0.15) is 0 Å². The van der Waals surface area contributed by atoms with Crippen molar-refractivity contribution in [1.82, 2.24) is 10.2 Å². The van der Waals surface area contributed by atoms with Crippen LogP contribution >= 0.6 is 0 Å². The number of anilines is 1. The van der Waals surface area contributed by atoms with Crippen LogP contribution in [0.3, 0.4) is 0 Å². The molecule has 1 unspecified atom stereocenters. The number of hydrogen-bond acceptors (Lipinski definition) is 4. The molecule has 0 aliphatic carbocycles. The van der Waals surface area contributed by atoms with E-state index in [0.717, 1.165) is 10.6 Å². The van der Waals surface area contributed by atoms with Gasteiger partial charge in [-0.3, -0.25) is 14.6 Å². The number of amides is 2. The molecule has 1 fully saturated rings. The van der Waals surface area contributed by atoms with Crippen molar-refractivity contribution in [3.8, 4) is 0 Å². The van der Waals surface area contributed by atoms with Crippen molar-refractivity contribution in [3.05, 3.63) is 29.8 Å². The summed E-state index contributed by atoms with van der Waals surface area (Å²) in [4.78, 5) is 31.9. The number of halogens is 2. The fourth-order valence-electron chi connectivity index (χ4n) is 3.26. The third-order valence-electron chi connectivity index (χ3n) is 4.74. The number of alkyl halides is 2. The molecule has 0 aromatic heterocycles. The van der Waals surface area contributed by atoms with Crippen molar-refractivity contribution in [2.24, 2.45) is 4.99 Å². The molecule has 1 saturated heterocycles. The molecule has 152 valence electrons. The first-order valence-electron chi connectivity index (χ1n) is 9.00. The highest BCUT2D eigenvalue weighted by Gasteiger charge is 2.44. The number of rotatable bonds is 6. The monoisotopic (exact) mass is 392 g/mol. The van der Waals surface area contributed by atoms with Crippen LogP contribution in [0.1, 0.15) is 25.8 Å². The maximum absolute atomic E-state index is 13.5. The lowest BCUT2D eigenvalue weighted by Gasteiger charge is -2.21. The number of carbonyl (C=O) groups is 2. The van der Waals surface area contributed by atoms with E-state index in [4.69, 9.17) is 0 Å². The van der Waals surface area contributed by atoms with E-state index in [1.54, 1.807) is 26.0 Å². The smallest absolute Gasteiger partial charge is 0.267 e. The summed E-state index contributed by atoms with van der Waals surface area (Å²) >= 11 is 0. The van der Waals surface area contributed by atoms with Crippen molar-refractivity contribution in [3.63, 3.8) is 0 Å². The van der Waals surface area contributed by atoms with Crippen LogP contribution < -0.4 is 10.2 Å². The standard InChI is InChI=1S/C20H26F2N4O2/c1-6-15(16-9-14(25(4)5)7-8-17(16)23-3)19(28)24-11-18(27)26-12-20(21,22)10-13(26)2/h6-9,13H,3,10-12H2,1-2,4-5H3,(H,24,28)/b15-6+. The summed E-state index contributed by atoms with van der Waals surface area (Å²) in [6, 6.07) is 4.86. The Balaban J connectivity index is 2.14. The zero-order valence-corrected chi connectivity index (χ0v) is 16.6. The van der Waals surface area contributed by atoms with Gasteiger partial charge in [0, 0.05) is 43.4 Å². The van der Waals surface area contributed by atoms with E-state index in [1.165, 1.54) is 0 Å². The minimum Gasteiger partial charge on any atom is -0.378 e. The molecule has 2 amide bonds. The molecule has 8 heteroatoms. The molecule has 0 spiro atoms. The van der Waals surface area contributed by atoms with Crippen LogP contribution in [0.4, 0.5) is 20.2 Å². The molecule has 1 heterocycles. The zero-order chi connectivity index (χ0) is 21.1. The molecule has 6 nitrogen and oxygen atoms in total. The lowest BCUT2D eigenvalue weighted by molar-refractivity contribution is -0.133. The van der Waals surface area contributed by atoms with Crippen molar-refractivity contribution >= 4 is 35.5 Å². The summed E-state index contributed by atoms with van der Waals surface area (Å²) in [6.45, 7) is 5.85. The summed E-state index contributed by atoms with van der Waals surface area (Å²) in [5, 5.41) is 2.54. The average molecular weight is 392 g/mol. The van der Waals surface area contributed by atoms with Crippen LogP contribution in [0.15, 0.2) is 29.3 Å². The predicted molar refractivity (Wildman–Crippen MR) is 107 cm³/mol. The number of hydrogen-bond donors (Lipinski definition) is 1. The molecule has 28 heavy (non-hydrogen) atoms. The largest absolute Gasteiger partial charge is 0.378 e. The Labute approximate surface area is 163 Å². The van der Waals surface area contributed by atoms with Crippen LogP contribution in [0.25, 0.3) is 5.57 Å². The van der Waals surface area contributed by atoms with Gasteiger partial charge in [-0.2, -0.15) is 0 Å². The Morgan fingerprint density at radius 3 is 2.61 bits per heavy atom. The van der Waals surface area contributed by atoms with Crippen molar-refractivity contribution < 1.29 is 18.4 Å². The van der Waals surface area contributed by atoms with E-state index in [2.05, 4.69) is 17.0 Å². The molecule has 1 aromatic carbocycles. The van der Waals surface area contributed by atoms with Gasteiger partial charge in [-0.25, -0.2) is 8.78 Å². The van der Waals surface area contributed by atoms with Gasteiger partial charge in [0.25, 0.3) is 11.8 Å². The maximum Gasteiger partial charge on any atom is 0.267 e. The van der Waals surface area contributed by atoms with E-state index in [1.807, 2.05) is 31.1 Å². The van der Waals surface area contributed by atoms with Crippen molar-refractivity contribution in [1.29, 1.82) is 0 Å². The van der Waals surface area contributed by atoms with Gasteiger partial charge in [0.05, 0.1) is 18.8 Å². The van der Waals surface area contributed by atoms with Crippen molar-refractivity contribution in [2.75, 3.05) is 32.1 Å². The number of allylic oxidation sites excluding steroid dienone is 1. The topological polar surface area (TPSA) is 65.0 Å². The number of nitrogens with one attached hydrogen (secondary N) is 1. The highest BCUT2D eigenvalue weighted by atomic mass is 19.3. The highest BCUT2D eigenvalue weighted by Crippen LogP contribution is 2.32. The van der Waals surface area contributed by atoms with E-state index in [-0.39, 0.29) is 13.0 Å². The highest BCUT2D eigenvalue weighted by molar-refractivity contribution is 6.21. The van der Waals surface area contributed by atoms with Crippen LogP contribution in [-0.4, -0.2) is 62.6 Å². The van der Waals surface area contributed by atoms with Gasteiger partial charge in [0.2, 0.25) is 5.91 Å². The average Bonchev–Trinajstić information content (AvgIpc) is 2.92. The first-order valence-corrected chi connectivity index (χ1v) is 9.00. The third-order valence-corrected chi connectivity index (χ3v) is 4.74. The molecule has 1 aliphatic heterocycles. The van der Waals surface area contributed by atoms with Gasteiger partial charge in [0.15, 0.2) is 0 Å². The summed E-state index contributed by atoms with van der Waals surface area (Å²) < 4.78 is 27.0. The molecule has 1 aromatic rings. The molecule has 1 atom stereocenters. The lowest BCUT2D eigenvalue weighted by Crippen LogP contribution is -2.42. The van der Waals surface area contributed by atoms with Crippen molar-refractivity contribution in [2.45, 2.75) is 32.2 Å². The third kappa shape index (κ3) is 4.74. The summed E-state index contributed by atoms with van der Waals surface area (Å²) in [5.41, 5.74) is 2.32. The van der Waals surface area contributed by atoms with Gasteiger partial charge in [-0.1, -0.05) is 6.08 Å². The quantitative estimate of drug-likeness (QED) is 0.598. The van der Waals surface area contributed by atoms with E-state index in [9.17, 15) is 18.4 Å². The number of carbonyl (C=O) groups excluding carboxylic acids is 2. The first kappa shape index (κ1) is 21.5. The molecular weight excluding hydrogens is 366 g/mol. The Morgan fingerprint density at radius 1 is 1.43 bits per heavy atom. The Bertz CT molecular complexity index is 805. The zero-order valence-electron chi connectivity index (χ0n) is 16.6. The summed E-state index contributed by atoms with van der Waals surface area (Å²) in [5.74, 6) is -3.89. The lowest BCUT2D eigenvalue weighted by atomic mass is 10.0. The minimum atomic E-state index is -2.88. The van der Waals surface area contributed by atoms with Crippen LogP contribution in [0.2, 0.25) is 0 Å².